The first-order valence-corrected chi connectivity index (χ1v) is 9.27. The normalized spacial score (nSPS) is 10.8. The molecule has 0 N–H and O–H groups in total. The van der Waals surface area contributed by atoms with E-state index in [1.54, 1.807) is 12.5 Å². The summed E-state index contributed by atoms with van der Waals surface area (Å²) in [6, 6.07) is 13.3. The molecule has 0 saturated carbocycles. The molecular weight excluding hydrogens is 370 g/mol. The standard InChI is InChI=1S/C20H21N7O2/c1-3-27-14-22-24-19(27)12-26(2)18-10-9-15(11-21-18)20-23-17(25-29-20)13-28-16-7-5-4-6-8-16/h4-11,14H,3,12-13H2,1-2H3. The molecule has 3 aromatic heterocycles. The number of anilines is 1. The topological polar surface area (TPSA) is 95.0 Å². The second-order valence-corrected chi connectivity index (χ2v) is 6.41. The third kappa shape index (κ3) is 4.40. The van der Waals surface area contributed by atoms with Crippen LogP contribution in [-0.2, 0) is 19.7 Å². The fourth-order valence-corrected chi connectivity index (χ4v) is 2.79. The summed E-state index contributed by atoms with van der Waals surface area (Å²) >= 11 is 0. The molecule has 0 amide bonds. The molecule has 9 nitrogen and oxygen atoms in total. The Morgan fingerprint density at radius 3 is 2.76 bits per heavy atom. The Bertz CT molecular complexity index is 1040. The van der Waals surface area contributed by atoms with Crippen LogP contribution in [-0.4, -0.2) is 36.9 Å². The molecular formula is C20H21N7O2. The number of pyridine rings is 1. The number of aryl methyl sites for hydroxylation is 1. The van der Waals surface area contributed by atoms with E-state index in [0.717, 1.165) is 29.5 Å². The van der Waals surface area contributed by atoms with Gasteiger partial charge in [-0.1, -0.05) is 23.4 Å². The van der Waals surface area contributed by atoms with Crippen LogP contribution in [0.4, 0.5) is 5.82 Å². The minimum absolute atomic E-state index is 0.236. The minimum Gasteiger partial charge on any atom is -0.485 e. The Labute approximate surface area is 168 Å². The zero-order valence-corrected chi connectivity index (χ0v) is 16.3. The van der Waals surface area contributed by atoms with Gasteiger partial charge in [-0.2, -0.15) is 4.98 Å². The average Bonchev–Trinajstić information content (AvgIpc) is 3.42. The first kappa shape index (κ1) is 18.6. The summed E-state index contributed by atoms with van der Waals surface area (Å²) in [5, 5.41) is 12.1. The monoisotopic (exact) mass is 391 g/mol. The van der Waals surface area contributed by atoms with Crippen LogP contribution < -0.4 is 9.64 Å². The van der Waals surface area contributed by atoms with Gasteiger partial charge in [0.1, 0.15) is 17.9 Å². The van der Waals surface area contributed by atoms with Crippen molar-refractivity contribution < 1.29 is 9.26 Å². The van der Waals surface area contributed by atoms with Crippen LogP contribution in [0, 0.1) is 0 Å². The van der Waals surface area contributed by atoms with Crippen LogP contribution in [0.3, 0.4) is 0 Å². The van der Waals surface area contributed by atoms with Crippen molar-refractivity contribution in [3.8, 4) is 17.2 Å². The van der Waals surface area contributed by atoms with Gasteiger partial charge in [0, 0.05) is 19.8 Å². The van der Waals surface area contributed by atoms with Gasteiger partial charge >= 0.3 is 0 Å². The van der Waals surface area contributed by atoms with Crippen LogP contribution in [0.2, 0.25) is 0 Å². The van der Waals surface area contributed by atoms with Gasteiger partial charge in [-0.3, -0.25) is 0 Å². The highest BCUT2D eigenvalue weighted by Crippen LogP contribution is 2.20. The molecule has 0 aliphatic heterocycles. The zero-order valence-electron chi connectivity index (χ0n) is 16.3. The molecule has 0 aliphatic carbocycles. The van der Waals surface area contributed by atoms with Crippen molar-refractivity contribution >= 4 is 5.82 Å². The van der Waals surface area contributed by atoms with Crippen molar-refractivity contribution in [1.29, 1.82) is 0 Å². The van der Waals surface area contributed by atoms with Gasteiger partial charge in [-0.15, -0.1) is 10.2 Å². The molecule has 148 valence electrons. The Hall–Kier alpha value is -3.75. The highest BCUT2D eigenvalue weighted by atomic mass is 16.5. The molecule has 29 heavy (non-hydrogen) atoms. The molecule has 0 unspecified atom stereocenters. The maximum Gasteiger partial charge on any atom is 0.259 e. The molecule has 9 heteroatoms. The molecule has 0 spiro atoms. The van der Waals surface area contributed by atoms with E-state index in [1.165, 1.54) is 0 Å². The van der Waals surface area contributed by atoms with Gasteiger partial charge in [0.2, 0.25) is 5.82 Å². The van der Waals surface area contributed by atoms with Gasteiger partial charge in [0.15, 0.2) is 12.4 Å². The van der Waals surface area contributed by atoms with Crippen molar-refractivity contribution in [2.75, 3.05) is 11.9 Å². The smallest absolute Gasteiger partial charge is 0.259 e. The number of aromatic nitrogens is 6. The van der Waals surface area contributed by atoms with E-state index in [1.807, 2.05) is 59.0 Å². The van der Waals surface area contributed by atoms with Crippen LogP contribution in [0.1, 0.15) is 18.6 Å². The third-order valence-corrected chi connectivity index (χ3v) is 4.38. The maximum absolute atomic E-state index is 5.64. The predicted octanol–water partition coefficient (Wildman–Crippen LogP) is 2.96. The van der Waals surface area contributed by atoms with Crippen LogP contribution >= 0.6 is 0 Å². The molecule has 3 heterocycles. The fraction of sp³-hybridized carbons (Fsp3) is 0.250. The summed E-state index contributed by atoms with van der Waals surface area (Å²) in [6.07, 6.45) is 3.44. The number of para-hydroxylation sites is 1. The first-order valence-electron chi connectivity index (χ1n) is 9.27. The van der Waals surface area contributed by atoms with E-state index in [9.17, 15) is 0 Å². The summed E-state index contributed by atoms with van der Waals surface area (Å²) in [4.78, 5) is 10.9. The van der Waals surface area contributed by atoms with Gasteiger partial charge in [-0.05, 0) is 31.2 Å². The van der Waals surface area contributed by atoms with Crippen molar-refractivity contribution in [3.05, 3.63) is 66.6 Å². The molecule has 0 saturated heterocycles. The lowest BCUT2D eigenvalue weighted by atomic mass is 10.3. The maximum atomic E-state index is 5.64. The number of benzene rings is 1. The molecule has 1 aromatic carbocycles. The number of rotatable bonds is 8. The number of hydrogen-bond acceptors (Lipinski definition) is 8. The SMILES string of the molecule is CCn1cnnc1CN(C)c1ccc(-c2nc(COc3ccccc3)no2)cn1. The number of ether oxygens (including phenoxy) is 1. The molecule has 4 rings (SSSR count). The predicted molar refractivity (Wildman–Crippen MR) is 106 cm³/mol. The fourth-order valence-electron chi connectivity index (χ4n) is 2.79. The highest BCUT2D eigenvalue weighted by Gasteiger charge is 2.12. The lowest BCUT2D eigenvalue weighted by Gasteiger charge is -2.17. The van der Waals surface area contributed by atoms with Gasteiger partial charge in [-0.25, -0.2) is 4.98 Å². The van der Waals surface area contributed by atoms with E-state index in [2.05, 4.69) is 32.2 Å². The van der Waals surface area contributed by atoms with Gasteiger partial charge in [0.25, 0.3) is 5.89 Å². The van der Waals surface area contributed by atoms with Crippen molar-refractivity contribution in [2.24, 2.45) is 0 Å². The Morgan fingerprint density at radius 2 is 2.00 bits per heavy atom. The molecule has 0 radical (unpaired) electrons. The van der Waals surface area contributed by atoms with E-state index < -0.39 is 0 Å². The van der Waals surface area contributed by atoms with Crippen LogP contribution in [0.25, 0.3) is 11.5 Å². The second-order valence-electron chi connectivity index (χ2n) is 6.41. The average molecular weight is 391 g/mol. The third-order valence-electron chi connectivity index (χ3n) is 4.38. The van der Waals surface area contributed by atoms with E-state index in [-0.39, 0.29) is 6.61 Å². The summed E-state index contributed by atoms with van der Waals surface area (Å²) in [5.74, 6) is 3.34. The van der Waals surface area contributed by atoms with Crippen molar-refractivity contribution in [1.82, 2.24) is 29.9 Å². The highest BCUT2D eigenvalue weighted by molar-refractivity contribution is 5.54. The van der Waals surface area contributed by atoms with E-state index >= 15 is 0 Å². The zero-order chi connectivity index (χ0) is 20.1. The Balaban J connectivity index is 1.39. The summed E-state index contributed by atoms with van der Waals surface area (Å²) in [6.45, 7) is 3.74. The molecule has 4 aromatic rings. The summed E-state index contributed by atoms with van der Waals surface area (Å²) in [5.41, 5.74) is 0.748. The second kappa shape index (κ2) is 8.51. The lowest BCUT2D eigenvalue weighted by Crippen LogP contribution is -2.20. The largest absolute Gasteiger partial charge is 0.485 e. The number of hydrogen-bond donors (Lipinski definition) is 0. The Morgan fingerprint density at radius 1 is 1.14 bits per heavy atom. The quantitative estimate of drug-likeness (QED) is 0.452. The lowest BCUT2D eigenvalue weighted by molar-refractivity contribution is 0.287. The first-order chi connectivity index (χ1) is 14.2. The van der Waals surface area contributed by atoms with Crippen molar-refractivity contribution in [3.63, 3.8) is 0 Å². The van der Waals surface area contributed by atoms with E-state index in [0.29, 0.717) is 18.3 Å². The molecule has 0 fully saturated rings. The van der Waals surface area contributed by atoms with Crippen LogP contribution in [0.15, 0.2) is 59.5 Å². The van der Waals surface area contributed by atoms with E-state index in [4.69, 9.17) is 9.26 Å². The summed E-state index contributed by atoms with van der Waals surface area (Å²) in [7, 11) is 1.96. The molecule has 0 bridgehead atoms. The summed E-state index contributed by atoms with van der Waals surface area (Å²) < 4.78 is 13.0. The molecule has 0 aliphatic rings. The minimum atomic E-state index is 0.236. The molecule has 0 atom stereocenters. The Kier molecular flexibility index (Phi) is 5.46. The van der Waals surface area contributed by atoms with Gasteiger partial charge in [0.05, 0.1) is 12.1 Å². The van der Waals surface area contributed by atoms with Crippen LogP contribution in [0.5, 0.6) is 5.75 Å². The number of nitrogens with zero attached hydrogens (tertiary/aromatic N) is 7. The van der Waals surface area contributed by atoms with Gasteiger partial charge < -0.3 is 18.7 Å². The van der Waals surface area contributed by atoms with Crippen molar-refractivity contribution in [2.45, 2.75) is 26.6 Å².